The van der Waals surface area contributed by atoms with Gasteiger partial charge in [-0.1, -0.05) is 0 Å². The summed E-state index contributed by atoms with van der Waals surface area (Å²) in [5.41, 5.74) is 0.493. The van der Waals surface area contributed by atoms with Crippen LogP contribution in [-0.4, -0.2) is 66.1 Å². The van der Waals surface area contributed by atoms with Crippen LogP contribution >= 0.6 is 0 Å². The number of imidazole rings is 1. The van der Waals surface area contributed by atoms with Gasteiger partial charge in [-0.15, -0.1) is 0 Å². The van der Waals surface area contributed by atoms with Crippen LogP contribution in [0.4, 0.5) is 18.9 Å². The van der Waals surface area contributed by atoms with Gasteiger partial charge in [-0.2, -0.15) is 13.2 Å². The first kappa shape index (κ1) is 22.5. The third kappa shape index (κ3) is 4.16. The number of rotatable bonds is 5. The molecule has 1 fully saturated rings. The van der Waals surface area contributed by atoms with Crippen molar-refractivity contribution in [1.82, 2.24) is 14.3 Å². The number of carbonyl (C=O) groups excluding carboxylic acids is 1. The molecule has 0 amide bonds. The predicted octanol–water partition coefficient (Wildman–Crippen LogP) is 3.18. The highest BCUT2D eigenvalue weighted by Crippen LogP contribution is 2.40. The van der Waals surface area contributed by atoms with E-state index in [1.54, 1.807) is 25.3 Å². The van der Waals surface area contributed by atoms with Gasteiger partial charge in [0.2, 0.25) is 0 Å². The molecule has 1 saturated heterocycles. The molecular weight excluding hydrogens is 453 g/mol. The second-order valence-electron chi connectivity index (χ2n) is 8.22. The van der Waals surface area contributed by atoms with E-state index in [-0.39, 0.29) is 17.7 Å². The Bertz CT molecular complexity index is 1200. The fourth-order valence-corrected chi connectivity index (χ4v) is 4.50. The first-order valence-corrected chi connectivity index (χ1v) is 10.8. The van der Waals surface area contributed by atoms with Crippen molar-refractivity contribution >= 4 is 17.6 Å². The van der Waals surface area contributed by atoms with Crippen molar-refractivity contribution in [2.45, 2.75) is 24.4 Å². The molecule has 0 aliphatic carbocycles. The van der Waals surface area contributed by atoms with E-state index in [9.17, 15) is 18.0 Å². The van der Waals surface area contributed by atoms with Gasteiger partial charge in [-0.05, 0) is 24.3 Å². The molecule has 3 atom stereocenters. The minimum absolute atomic E-state index is 0.169. The van der Waals surface area contributed by atoms with E-state index in [1.807, 2.05) is 12.1 Å². The van der Waals surface area contributed by atoms with Crippen molar-refractivity contribution < 1.29 is 32.2 Å². The summed E-state index contributed by atoms with van der Waals surface area (Å²) in [6.45, 7) is 1.70. The Morgan fingerprint density at radius 3 is 2.91 bits per heavy atom. The topological polar surface area (TPSA) is 77.3 Å². The van der Waals surface area contributed by atoms with E-state index in [0.29, 0.717) is 43.5 Å². The molecule has 2 aromatic heterocycles. The number of methoxy groups -OCH3 is 1. The molecule has 5 rings (SSSR count). The van der Waals surface area contributed by atoms with Gasteiger partial charge in [-0.3, -0.25) is 4.90 Å². The summed E-state index contributed by atoms with van der Waals surface area (Å²) in [7, 11) is 1.56. The number of nitrogens with zero attached hydrogens (tertiary/aromatic N) is 3. The van der Waals surface area contributed by atoms with Gasteiger partial charge in [0.1, 0.15) is 30.5 Å². The average molecular weight is 476 g/mol. The van der Waals surface area contributed by atoms with Crippen LogP contribution < -0.4 is 14.8 Å². The van der Waals surface area contributed by atoms with Crippen LogP contribution in [0, 0.1) is 0 Å². The maximum Gasteiger partial charge on any atom is 0.434 e. The van der Waals surface area contributed by atoms with Crippen LogP contribution in [0.5, 0.6) is 11.5 Å². The quantitative estimate of drug-likeness (QED) is 0.567. The molecule has 2 aliphatic heterocycles. The SMILES string of the molecule is COc1ccc2c(c1)OCC(N1CCOC(C=O)C1)C2Nc1cccn2cc(C(F)(F)F)nc12. The Morgan fingerprint density at radius 1 is 1.29 bits per heavy atom. The van der Waals surface area contributed by atoms with E-state index in [0.717, 1.165) is 18.0 Å². The van der Waals surface area contributed by atoms with Crippen LogP contribution in [0.15, 0.2) is 42.7 Å². The first-order valence-electron chi connectivity index (χ1n) is 10.8. The molecule has 4 heterocycles. The third-order valence-corrected chi connectivity index (χ3v) is 6.18. The minimum Gasteiger partial charge on any atom is -0.497 e. The lowest BCUT2D eigenvalue weighted by atomic mass is 9.94. The van der Waals surface area contributed by atoms with Crippen molar-refractivity contribution in [3.63, 3.8) is 0 Å². The molecule has 0 saturated carbocycles. The zero-order chi connectivity index (χ0) is 23.9. The maximum atomic E-state index is 13.3. The Kier molecular flexibility index (Phi) is 5.82. The highest BCUT2D eigenvalue weighted by molar-refractivity contribution is 5.69. The van der Waals surface area contributed by atoms with Gasteiger partial charge >= 0.3 is 6.18 Å². The monoisotopic (exact) mass is 476 g/mol. The van der Waals surface area contributed by atoms with Crippen molar-refractivity contribution in [3.8, 4) is 11.5 Å². The summed E-state index contributed by atoms with van der Waals surface area (Å²) < 4.78 is 58.1. The van der Waals surface area contributed by atoms with Gasteiger partial charge in [0.25, 0.3) is 0 Å². The van der Waals surface area contributed by atoms with Gasteiger partial charge in [-0.25, -0.2) is 4.98 Å². The summed E-state index contributed by atoms with van der Waals surface area (Å²) in [6.07, 6.45) is -1.82. The number of aldehydes is 1. The lowest BCUT2D eigenvalue weighted by Crippen LogP contribution is -2.54. The lowest BCUT2D eigenvalue weighted by molar-refractivity contribution is -0.140. The van der Waals surface area contributed by atoms with Gasteiger partial charge in [0.05, 0.1) is 31.5 Å². The van der Waals surface area contributed by atoms with Crippen LogP contribution in [0.25, 0.3) is 5.65 Å². The normalized spacial score (nSPS) is 23.2. The Morgan fingerprint density at radius 2 is 2.15 bits per heavy atom. The van der Waals surface area contributed by atoms with Crippen molar-refractivity contribution in [2.75, 3.05) is 38.7 Å². The highest BCUT2D eigenvalue weighted by Gasteiger charge is 2.38. The summed E-state index contributed by atoms with van der Waals surface area (Å²) in [6, 6.07) is 8.28. The van der Waals surface area contributed by atoms with Crippen LogP contribution in [-0.2, 0) is 15.7 Å². The number of anilines is 1. The number of hydrogen-bond donors (Lipinski definition) is 1. The molecule has 8 nitrogen and oxygen atoms in total. The van der Waals surface area contributed by atoms with Crippen molar-refractivity contribution in [2.24, 2.45) is 0 Å². The highest BCUT2D eigenvalue weighted by atomic mass is 19.4. The maximum absolute atomic E-state index is 13.3. The molecule has 3 unspecified atom stereocenters. The molecular formula is C23H23F3N4O4. The first-order chi connectivity index (χ1) is 16.4. The number of pyridine rings is 1. The predicted molar refractivity (Wildman–Crippen MR) is 116 cm³/mol. The van der Waals surface area contributed by atoms with Crippen molar-refractivity contribution in [1.29, 1.82) is 0 Å². The number of nitrogens with one attached hydrogen (secondary N) is 1. The second-order valence-corrected chi connectivity index (χ2v) is 8.22. The summed E-state index contributed by atoms with van der Waals surface area (Å²) in [5, 5.41) is 3.42. The molecule has 0 bridgehead atoms. The average Bonchev–Trinajstić information content (AvgIpc) is 3.30. The summed E-state index contributed by atoms with van der Waals surface area (Å²) in [4.78, 5) is 17.3. The van der Waals surface area contributed by atoms with E-state index in [1.165, 1.54) is 10.6 Å². The number of alkyl halides is 3. The lowest BCUT2D eigenvalue weighted by Gasteiger charge is -2.43. The Labute approximate surface area is 193 Å². The zero-order valence-corrected chi connectivity index (χ0v) is 18.3. The van der Waals surface area contributed by atoms with Crippen molar-refractivity contribution in [3.05, 3.63) is 54.0 Å². The molecule has 0 spiro atoms. The number of fused-ring (bicyclic) bond motifs is 2. The largest absolute Gasteiger partial charge is 0.497 e. The summed E-state index contributed by atoms with van der Waals surface area (Å²) in [5.74, 6) is 1.26. The number of aromatic nitrogens is 2. The minimum atomic E-state index is -4.55. The van der Waals surface area contributed by atoms with Gasteiger partial charge in [0, 0.05) is 37.1 Å². The smallest absolute Gasteiger partial charge is 0.434 e. The Hall–Kier alpha value is -3.31. The molecule has 11 heteroatoms. The molecule has 1 aromatic carbocycles. The van der Waals surface area contributed by atoms with E-state index < -0.39 is 18.0 Å². The molecule has 0 radical (unpaired) electrons. The Balaban J connectivity index is 1.54. The van der Waals surface area contributed by atoms with Crippen LogP contribution in [0.1, 0.15) is 17.3 Å². The molecule has 1 N–H and O–H groups in total. The van der Waals surface area contributed by atoms with E-state index >= 15 is 0 Å². The standard InChI is InChI=1S/C23H23F3N4O4/c1-32-14-4-5-16-19(9-14)34-13-18(29-7-8-33-15(10-29)12-31)21(16)27-17-3-2-6-30-11-20(23(24,25)26)28-22(17)30/h2-6,9,11-12,15,18,21,27H,7-8,10,13H2,1H3. The van der Waals surface area contributed by atoms with Crippen LogP contribution in [0.3, 0.4) is 0 Å². The number of morpholine rings is 1. The fourth-order valence-electron chi connectivity index (χ4n) is 4.50. The third-order valence-electron chi connectivity index (χ3n) is 6.18. The fraction of sp³-hybridized carbons (Fsp3) is 0.391. The molecule has 34 heavy (non-hydrogen) atoms. The van der Waals surface area contributed by atoms with E-state index in [4.69, 9.17) is 14.2 Å². The van der Waals surface area contributed by atoms with Gasteiger partial charge < -0.3 is 28.7 Å². The number of halogens is 3. The van der Waals surface area contributed by atoms with E-state index in [2.05, 4.69) is 15.2 Å². The molecule has 180 valence electrons. The molecule has 3 aromatic rings. The number of benzene rings is 1. The summed E-state index contributed by atoms with van der Waals surface area (Å²) >= 11 is 0. The second kappa shape index (κ2) is 8.80. The number of carbonyl (C=O) groups is 1. The zero-order valence-electron chi connectivity index (χ0n) is 18.3. The number of ether oxygens (including phenoxy) is 3. The van der Waals surface area contributed by atoms with Gasteiger partial charge in [0.15, 0.2) is 11.3 Å². The molecule has 2 aliphatic rings. The number of hydrogen-bond acceptors (Lipinski definition) is 7. The van der Waals surface area contributed by atoms with Crippen LogP contribution in [0.2, 0.25) is 0 Å².